The zero-order chi connectivity index (χ0) is 10.6. The van der Waals surface area contributed by atoms with E-state index in [2.05, 4.69) is 10.6 Å². The topological polar surface area (TPSA) is 58.2 Å². The van der Waals surface area contributed by atoms with Crippen molar-refractivity contribution in [3.05, 3.63) is 0 Å². The SMILES string of the molecule is CNC(=O)NC(C)C(=O)C(C)(C)C. The Labute approximate surface area is 79.1 Å². The van der Waals surface area contributed by atoms with Crippen molar-refractivity contribution in [2.45, 2.75) is 33.7 Å². The largest absolute Gasteiger partial charge is 0.341 e. The summed E-state index contributed by atoms with van der Waals surface area (Å²) in [5, 5.41) is 4.94. The van der Waals surface area contributed by atoms with Crippen LogP contribution in [-0.4, -0.2) is 24.9 Å². The smallest absolute Gasteiger partial charge is 0.315 e. The normalized spacial score (nSPS) is 13.3. The van der Waals surface area contributed by atoms with Gasteiger partial charge in [-0.15, -0.1) is 0 Å². The van der Waals surface area contributed by atoms with Crippen molar-refractivity contribution in [3.8, 4) is 0 Å². The third-order valence-corrected chi connectivity index (χ3v) is 1.71. The third kappa shape index (κ3) is 3.92. The standard InChI is InChI=1S/C9H18N2O2/c1-6(11-8(13)10-5)7(12)9(2,3)4/h6H,1-5H3,(H2,10,11,13). The van der Waals surface area contributed by atoms with E-state index in [9.17, 15) is 9.59 Å². The number of rotatable bonds is 2. The molecule has 0 aliphatic heterocycles. The average Bonchev–Trinajstić information content (AvgIpc) is 2.01. The van der Waals surface area contributed by atoms with Gasteiger partial charge in [-0.1, -0.05) is 20.8 Å². The molecule has 4 nitrogen and oxygen atoms in total. The molecule has 0 aromatic rings. The number of ketones is 1. The predicted molar refractivity (Wildman–Crippen MR) is 51.5 cm³/mol. The van der Waals surface area contributed by atoms with Crippen LogP contribution in [0.5, 0.6) is 0 Å². The highest BCUT2D eigenvalue weighted by Gasteiger charge is 2.27. The van der Waals surface area contributed by atoms with Gasteiger partial charge in [0.2, 0.25) is 0 Å². The number of Topliss-reactive ketones (excluding diaryl/α,β-unsaturated/α-hetero) is 1. The van der Waals surface area contributed by atoms with Crippen molar-refractivity contribution in [2.24, 2.45) is 5.41 Å². The first-order chi connectivity index (χ1) is 5.79. The summed E-state index contributed by atoms with van der Waals surface area (Å²) in [6.07, 6.45) is 0. The molecule has 0 bridgehead atoms. The Morgan fingerprint density at radius 1 is 1.23 bits per heavy atom. The molecule has 76 valence electrons. The molecule has 2 N–H and O–H groups in total. The summed E-state index contributed by atoms with van der Waals surface area (Å²) < 4.78 is 0. The molecular weight excluding hydrogens is 168 g/mol. The van der Waals surface area contributed by atoms with Crippen LogP contribution in [0.2, 0.25) is 0 Å². The van der Waals surface area contributed by atoms with E-state index in [-0.39, 0.29) is 11.8 Å². The van der Waals surface area contributed by atoms with E-state index in [0.717, 1.165) is 0 Å². The molecule has 0 heterocycles. The highest BCUT2D eigenvalue weighted by Crippen LogP contribution is 2.16. The molecule has 0 aromatic heterocycles. The maximum atomic E-state index is 11.6. The lowest BCUT2D eigenvalue weighted by molar-refractivity contribution is -0.127. The van der Waals surface area contributed by atoms with E-state index in [0.29, 0.717) is 0 Å². The van der Waals surface area contributed by atoms with Gasteiger partial charge in [0, 0.05) is 12.5 Å². The second-order valence-electron chi connectivity index (χ2n) is 4.06. The highest BCUT2D eigenvalue weighted by molar-refractivity contribution is 5.91. The van der Waals surface area contributed by atoms with Crippen molar-refractivity contribution in [1.82, 2.24) is 10.6 Å². The van der Waals surface area contributed by atoms with E-state index in [1.165, 1.54) is 7.05 Å². The maximum Gasteiger partial charge on any atom is 0.315 e. The van der Waals surface area contributed by atoms with Gasteiger partial charge in [-0.05, 0) is 6.92 Å². The summed E-state index contributed by atoms with van der Waals surface area (Å²) in [6.45, 7) is 7.18. The number of carbonyl (C=O) groups excluding carboxylic acids is 2. The van der Waals surface area contributed by atoms with Crippen LogP contribution in [0.3, 0.4) is 0 Å². The van der Waals surface area contributed by atoms with E-state index in [1.54, 1.807) is 6.92 Å². The van der Waals surface area contributed by atoms with Gasteiger partial charge in [0.15, 0.2) is 5.78 Å². The predicted octanol–water partition coefficient (Wildman–Crippen LogP) is 0.919. The number of hydrogen-bond acceptors (Lipinski definition) is 2. The number of urea groups is 1. The minimum Gasteiger partial charge on any atom is -0.341 e. The molecule has 1 unspecified atom stereocenters. The van der Waals surface area contributed by atoms with Crippen molar-refractivity contribution < 1.29 is 9.59 Å². The molecule has 0 radical (unpaired) electrons. The van der Waals surface area contributed by atoms with Crippen LogP contribution in [-0.2, 0) is 4.79 Å². The Morgan fingerprint density at radius 3 is 2.00 bits per heavy atom. The molecule has 13 heavy (non-hydrogen) atoms. The molecule has 0 spiro atoms. The minimum absolute atomic E-state index is 0.0242. The Kier molecular flexibility index (Phi) is 3.91. The third-order valence-electron chi connectivity index (χ3n) is 1.71. The fourth-order valence-corrected chi connectivity index (χ4v) is 0.984. The average molecular weight is 186 g/mol. The van der Waals surface area contributed by atoms with E-state index >= 15 is 0 Å². The molecule has 2 amide bonds. The van der Waals surface area contributed by atoms with Gasteiger partial charge in [-0.3, -0.25) is 4.79 Å². The van der Waals surface area contributed by atoms with Crippen molar-refractivity contribution in [2.75, 3.05) is 7.05 Å². The minimum atomic E-state index is -0.444. The van der Waals surface area contributed by atoms with Crippen LogP contribution in [0.25, 0.3) is 0 Å². The highest BCUT2D eigenvalue weighted by atomic mass is 16.2. The van der Waals surface area contributed by atoms with Crippen LogP contribution in [0.4, 0.5) is 4.79 Å². The maximum absolute atomic E-state index is 11.6. The van der Waals surface area contributed by atoms with Gasteiger partial charge in [-0.2, -0.15) is 0 Å². The molecule has 0 aromatic carbocycles. The molecule has 0 aliphatic rings. The van der Waals surface area contributed by atoms with Crippen LogP contribution in [0.1, 0.15) is 27.7 Å². The summed E-state index contributed by atoms with van der Waals surface area (Å²) in [5.74, 6) is 0.0242. The van der Waals surface area contributed by atoms with Crippen molar-refractivity contribution in [1.29, 1.82) is 0 Å². The van der Waals surface area contributed by atoms with Crippen LogP contribution >= 0.6 is 0 Å². The Bertz CT molecular complexity index is 206. The van der Waals surface area contributed by atoms with E-state index in [4.69, 9.17) is 0 Å². The molecule has 0 fully saturated rings. The summed E-state index contributed by atoms with van der Waals surface area (Å²) in [5.41, 5.74) is -0.416. The van der Waals surface area contributed by atoms with E-state index < -0.39 is 11.5 Å². The Hall–Kier alpha value is -1.06. The quantitative estimate of drug-likeness (QED) is 0.673. The number of hydrogen-bond donors (Lipinski definition) is 2. The lowest BCUT2D eigenvalue weighted by Crippen LogP contribution is -2.46. The summed E-state index contributed by atoms with van der Waals surface area (Å²) in [7, 11) is 1.52. The lowest BCUT2D eigenvalue weighted by Gasteiger charge is -2.22. The van der Waals surface area contributed by atoms with E-state index in [1.807, 2.05) is 20.8 Å². The van der Waals surface area contributed by atoms with Crippen LogP contribution in [0, 0.1) is 5.41 Å². The summed E-state index contributed by atoms with van der Waals surface area (Å²) in [4.78, 5) is 22.5. The van der Waals surface area contributed by atoms with Gasteiger partial charge in [-0.25, -0.2) is 4.79 Å². The summed E-state index contributed by atoms with van der Waals surface area (Å²) >= 11 is 0. The molecule has 0 rings (SSSR count). The molecule has 0 saturated carbocycles. The molecule has 0 aliphatic carbocycles. The van der Waals surface area contributed by atoms with Crippen molar-refractivity contribution in [3.63, 3.8) is 0 Å². The Morgan fingerprint density at radius 2 is 1.69 bits per heavy atom. The van der Waals surface area contributed by atoms with Gasteiger partial charge in [0.1, 0.15) is 0 Å². The second-order valence-corrected chi connectivity index (χ2v) is 4.06. The Balaban J connectivity index is 4.20. The summed E-state index contributed by atoms with van der Waals surface area (Å²) in [6, 6.07) is -0.773. The zero-order valence-corrected chi connectivity index (χ0v) is 8.89. The molecule has 4 heteroatoms. The monoisotopic (exact) mass is 186 g/mol. The molecular formula is C9H18N2O2. The number of amides is 2. The first kappa shape index (κ1) is 11.9. The van der Waals surface area contributed by atoms with Gasteiger partial charge < -0.3 is 10.6 Å². The first-order valence-electron chi connectivity index (χ1n) is 4.31. The molecule has 1 atom stereocenters. The van der Waals surface area contributed by atoms with Crippen molar-refractivity contribution >= 4 is 11.8 Å². The molecule has 0 saturated heterocycles. The zero-order valence-electron chi connectivity index (χ0n) is 8.89. The van der Waals surface area contributed by atoms with Crippen LogP contribution in [0.15, 0.2) is 0 Å². The van der Waals surface area contributed by atoms with Gasteiger partial charge in [0.25, 0.3) is 0 Å². The number of nitrogens with one attached hydrogen (secondary N) is 2. The second kappa shape index (κ2) is 4.25. The first-order valence-corrected chi connectivity index (χ1v) is 4.31. The number of carbonyl (C=O) groups is 2. The van der Waals surface area contributed by atoms with Gasteiger partial charge in [0.05, 0.1) is 6.04 Å². The fraction of sp³-hybridized carbons (Fsp3) is 0.778. The van der Waals surface area contributed by atoms with Gasteiger partial charge >= 0.3 is 6.03 Å². The van der Waals surface area contributed by atoms with Crippen LogP contribution < -0.4 is 10.6 Å². The fourth-order valence-electron chi connectivity index (χ4n) is 0.984. The lowest BCUT2D eigenvalue weighted by atomic mass is 9.87.